The number of nitrogens with zero attached hydrogens (tertiary/aromatic N) is 2. The van der Waals surface area contributed by atoms with Crippen molar-refractivity contribution >= 4 is 58.8 Å². The van der Waals surface area contributed by atoms with E-state index in [-0.39, 0.29) is 31.3 Å². The summed E-state index contributed by atoms with van der Waals surface area (Å²) >= 11 is -1.54. The zero-order valence-corrected chi connectivity index (χ0v) is 28.8. The van der Waals surface area contributed by atoms with Gasteiger partial charge in [0.2, 0.25) is 0 Å². The van der Waals surface area contributed by atoms with Gasteiger partial charge in [-0.1, -0.05) is 0 Å². The normalized spacial score (nSPS) is 19.7. The van der Waals surface area contributed by atoms with Crippen molar-refractivity contribution in [1.82, 2.24) is 9.13 Å². The van der Waals surface area contributed by atoms with Crippen molar-refractivity contribution in [2.45, 2.75) is 34.2 Å². The van der Waals surface area contributed by atoms with Crippen molar-refractivity contribution in [3.63, 3.8) is 0 Å². The minimum Gasteiger partial charge on any atom is -0.147 e. The molecule has 2 atom stereocenters. The predicted octanol–water partition coefficient (Wildman–Crippen LogP) is 9.91. The first-order valence-corrected chi connectivity index (χ1v) is 16.9. The molecule has 0 spiro atoms. The van der Waals surface area contributed by atoms with Crippen LogP contribution in [-0.2, 0) is 29.7 Å². The van der Waals surface area contributed by atoms with E-state index in [0.29, 0.717) is 0 Å². The molecule has 5 heteroatoms. The third-order valence-corrected chi connectivity index (χ3v) is 14.8. The topological polar surface area (TPSA) is 9.86 Å². The second kappa shape index (κ2) is 10.8. The van der Waals surface area contributed by atoms with Crippen molar-refractivity contribution < 1.29 is 23.2 Å². The molecule has 6 aromatic rings. The number of aryl methyl sites for hydroxylation is 2. The van der Waals surface area contributed by atoms with Gasteiger partial charge in [0.1, 0.15) is 0 Å². The summed E-state index contributed by atoms with van der Waals surface area (Å²) in [5.41, 5.74) is 13.7. The van der Waals surface area contributed by atoms with Gasteiger partial charge >= 0.3 is 254 Å². The van der Waals surface area contributed by atoms with Gasteiger partial charge < -0.3 is 0 Å². The zero-order chi connectivity index (χ0) is 27.9. The van der Waals surface area contributed by atoms with Gasteiger partial charge in [0.15, 0.2) is 0 Å². The van der Waals surface area contributed by atoms with Crippen molar-refractivity contribution in [3.8, 4) is 0 Å². The molecule has 0 saturated heterocycles. The summed E-state index contributed by atoms with van der Waals surface area (Å²) in [6.45, 7) is 9.25. The van der Waals surface area contributed by atoms with E-state index < -0.39 is 23.2 Å². The first-order valence-electron chi connectivity index (χ1n) is 14.5. The molecule has 2 unspecified atom stereocenters. The summed E-state index contributed by atoms with van der Waals surface area (Å²) in [4.78, 5) is 0. The minimum atomic E-state index is -1.54. The van der Waals surface area contributed by atoms with Crippen LogP contribution in [0.3, 0.4) is 0 Å². The largest absolute Gasteiger partial charge is 0.147 e. The Bertz CT molecular complexity index is 1950. The molecule has 0 saturated carbocycles. The number of para-hydroxylation sites is 2. The molecule has 0 bridgehead atoms. The van der Waals surface area contributed by atoms with Crippen LogP contribution in [0.5, 0.6) is 0 Å². The molecular weight excluding hydrogens is 647 g/mol. The van der Waals surface area contributed by atoms with Crippen molar-refractivity contribution in [2.75, 3.05) is 0 Å². The molecular formula is C38H34Cl2N2Zr. The average Bonchev–Trinajstić information content (AvgIpc) is 3.70. The summed E-state index contributed by atoms with van der Waals surface area (Å²) in [7, 11) is 0. The number of fused-ring (bicyclic) bond motifs is 4. The van der Waals surface area contributed by atoms with Gasteiger partial charge in [-0.15, -0.1) is 24.8 Å². The molecule has 0 N–H and O–H groups in total. The van der Waals surface area contributed by atoms with E-state index in [0.717, 1.165) is 0 Å². The monoisotopic (exact) mass is 678 g/mol. The van der Waals surface area contributed by atoms with E-state index in [1.807, 2.05) is 0 Å². The third-order valence-electron chi connectivity index (χ3n) is 9.69. The van der Waals surface area contributed by atoms with Gasteiger partial charge in [0.25, 0.3) is 0 Å². The Kier molecular flexibility index (Phi) is 7.53. The Morgan fingerprint density at radius 3 is 1.30 bits per heavy atom. The van der Waals surface area contributed by atoms with E-state index in [2.05, 4.69) is 158 Å². The Morgan fingerprint density at radius 1 is 0.488 bits per heavy atom. The predicted molar refractivity (Wildman–Crippen MR) is 182 cm³/mol. The van der Waals surface area contributed by atoms with Gasteiger partial charge in [-0.05, 0) is 0 Å². The zero-order valence-electron chi connectivity index (χ0n) is 24.8. The molecule has 8 rings (SSSR count). The van der Waals surface area contributed by atoms with E-state index in [9.17, 15) is 0 Å². The van der Waals surface area contributed by atoms with Crippen molar-refractivity contribution in [2.24, 2.45) is 0 Å². The number of rotatable bonds is 4. The SMILES string of the molecule is Cc1c(C)n([C]2([Zr][C]3(n4c(C)c(C)c5ccccc54)C=Cc4ccccc43)C=Cc3ccccc32)c2ccccc12.Cl.Cl. The molecule has 4 aromatic carbocycles. The maximum Gasteiger partial charge on any atom is -0.147 e. The van der Waals surface area contributed by atoms with Gasteiger partial charge in [-0.3, -0.25) is 0 Å². The number of hydrogen-bond acceptors (Lipinski definition) is 0. The van der Waals surface area contributed by atoms with Gasteiger partial charge in [0.05, 0.1) is 0 Å². The Balaban J connectivity index is 0.00000165. The van der Waals surface area contributed by atoms with Crippen LogP contribution in [0.25, 0.3) is 34.0 Å². The van der Waals surface area contributed by atoms with Crippen LogP contribution in [-0.4, -0.2) is 9.13 Å². The Hall–Kier alpha value is -3.10. The molecule has 0 aliphatic heterocycles. The second-order valence-corrected chi connectivity index (χ2v) is 16.0. The number of aromatic nitrogens is 2. The van der Waals surface area contributed by atoms with Crippen LogP contribution in [0.15, 0.2) is 109 Å². The first-order chi connectivity index (χ1) is 20.0. The fourth-order valence-electron chi connectivity index (χ4n) is 7.56. The summed E-state index contributed by atoms with van der Waals surface area (Å²) in [6.07, 6.45) is 9.91. The van der Waals surface area contributed by atoms with E-state index in [1.165, 1.54) is 66.6 Å². The molecule has 2 aliphatic carbocycles. The summed E-state index contributed by atoms with van der Waals surface area (Å²) in [5.74, 6) is 0. The minimum absolute atomic E-state index is 0. The van der Waals surface area contributed by atoms with Crippen LogP contribution in [0, 0.1) is 27.7 Å². The fourth-order valence-corrected chi connectivity index (χ4v) is 13.6. The van der Waals surface area contributed by atoms with Gasteiger partial charge in [0, 0.05) is 0 Å². The molecule has 0 fully saturated rings. The molecule has 43 heavy (non-hydrogen) atoms. The molecule has 2 aliphatic rings. The van der Waals surface area contributed by atoms with Gasteiger partial charge in [-0.2, -0.15) is 0 Å². The standard InChI is InChI=1S/2C19H16N.2ClH.Zr/c2*1-13-14(2)20(18-10-6-5-8-16(13)18)19-12-11-15-7-3-4-9-17(15)19;;;/h2*3-12H,1-2H3;2*1H;. The van der Waals surface area contributed by atoms with Crippen molar-refractivity contribution in [3.05, 3.63) is 154 Å². The van der Waals surface area contributed by atoms with Crippen LogP contribution in [0.2, 0.25) is 0 Å². The maximum atomic E-state index is 2.72. The summed E-state index contributed by atoms with van der Waals surface area (Å²) < 4.78 is 5.00. The Labute approximate surface area is 277 Å². The average molecular weight is 681 g/mol. The molecule has 2 aromatic heterocycles. The first kappa shape index (κ1) is 30.0. The number of allylic oxidation sites excluding steroid dienone is 2. The summed E-state index contributed by atoms with van der Waals surface area (Å²) in [6, 6.07) is 36.2. The number of hydrogen-bond donors (Lipinski definition) is 0. The quantitative estimate of drug-likeness (QED) is 0.176. The smallest absolute Gasteiger partial charge is 0.147 e. The van der Waals surface area contributed by atoms with Crippen molar-refractivity contribution in [1.29, 1.82) is 0 Å². The second-order valence-electron chi connectivity index (χ2n) is 11.6. The molecule has 0 radical (unpaired) electrons. The van der Waals surface area contributed by atoms with Crippen LogP contribution in [0.4, 0.5) is 0 Å². The Morgan fingerprint density at radius 2 is 0.860 bits per heavy atom. The summed E-state index contributed by atoms with van der Waals surface area (Å²) in [5, 5.41) is 2.72. The molecule has 2 nitrogen and oxygen atoms in total. The van der Waals surface area contributed by atoms with E-state index in [4.69, 9.17) is 0 Å². The molecule has 2 heterocycles. The van der Waals surface area contributed by atoms with Crippen LogP contribution in [0.1, 0.15) is 44.8 Å². The van der Waals surface area contributed by atoms with E-state index >= 15 is 0 Å². The maximum absolute atomic E-state index is 2.72. The molecule has 0 amide bonds. The van der Waals surface area contributed by atoms with Gasteiger partial charge in [-0.25, -0.2) is 0 Å². The number of halogens is 2. The number of benzene rings is 4. The fraction of sp³-hybridized carbons (Fsp3) is 0.158. The van der Waals surface area contributed by atoms with E-state index in [1.54, 1.807) is 0 Å². The van der Waals surface area contributed by atoms with Crippen LogP contribution < -0.4 is 0 Å². The molecule has 214 valence electrons. The third kappa shape index (κ3) is 4.01. The van der Waals surface area contributed by atoms with Crippen LogP contribution >= 0.6 is 24.8 Å².